The number of azide groups is 1. The first kappa shape index (κ1) is 43.4. The molecule has 0 bridgehead atoms. The van der Waals surface area contributed by atoms with E-state index in [0.29, 0.717) is 0 Å². The molecule has 18 heteroatoms. The highest BCUT2D eigenvalue weighted by Gasteiger charge is 2.59. The number of carbonyl (C=O) groups is 6. The Balaban J connectivity index is 2.69. The minimum atomic E-state index is -2.46. The van der Waals surface area contributed by atoms with Crippen molar-refractivity contribution in [3.63, 3.8) is 0 Å². The van der Waals surface area contributed by atoms with Gasteiger partial charge in [0.1, 0.15) is 18.8 Å². The molecule has 0 aliphatic carbocycles. The molecular formula is C34H48N4O14. The van der Waals surface area contributed by atoms with Crippen molar-refractivity contribution < 1.29 is 66.7 Å². The van der Waals surface area contributed by atoms with E-state index in [1.807, 2.05) is 39.0 Å². The van der Waals surface area contributed by atoms with Gasteiger partial charge in [0.15, 0.2) is 12.2 Å². The van der Waals surface area contributed by atoms with Gasteiger partial charge in [-0.2, -0.15) is 0 Å². The minimum absolute atomic E-state index is 0.0777. The summed E-state index contributed by atoms with van der Waals surface area (Å²) in [5, 5.41) is 6.22. The molecule has 1 aromatic carbocycles. The number of rotatable bonds is 18. The van der Waals surface area contributed by atoms with Gasteiger partial charge >= 0.3 is 29.8 Å². The molecule has 1 aromatic rings. The molecule has 1 heterocycles. The topological polar surface area (TPSA) is 237 Å². The lowest BCUT2D eigenvalue weighted by Gasteiger charge is -2.48. The normalized spacial score (nSPS) is 21.4. The average Bonchev–Trinajstić information content (AvgIpc) is 3.05. The van der Waals surface area contributed by atoms with E-state index in [1.54, 1.807) is 0 Å². The number of benzene rings is 1. The first-order chi connectivity index (χ1) is 24.4. The van der Waals surface area contributed by atoms with Gasteiger partial charge in [-0.1, -0.05) is 42.7 Å². The first-order valence-electron chi connectivity index (χ1n) is 16.5. The van der Waals surface area contributed by atoms with Gasteiger partial charge in [0.25, 0.3) is 5.79 Å². The molecule has 1 saturated heterocycles. The molecule has 0 unspecified atom stereocenters. The van der Waals surface area contributed by atoms with E-state index in [9.17, 15) is 28.8 Å². The maximum Gasteiger partial charge on any atom is 0.366 e. The zero-order valence-corrected chi connectivity index (χ0v) is 30.9. The highest BCUT2D eigenvalue weighted by molar-refractivity contribution is 5.79. The van der Waals surface area contributed by atoms with Crippen LogP contribution in [0.15, 0.2) is 23.3 Å². The maximum absolute atomic E-state index is 13.7. The van der Waals surface area contributed by atoms with Gasteiger partial charge in [-0.3, -0.25) is 24.0 Å². The molecule has 0 aromatic heterocycles. The van der Waals surface area contributed by atoms with E-state index in [-0.39, 0.29) is 19.1 Å². The minimum Gasteiger partial charge on any atom is -0.465 e. The second-order valence-corrected chi connectivity index (χ2v) is 12.4. The number of nitrogens with one attached hydrogen (secondary N) is 1. The number of hydrogen-bond donors (Lipinski definition) is 1. The van der Waals surface area contributed by atoms with Crippen molar-refractivity contribution in [2.75, 3.05) is 26.9 Å². The standard InChI is InChI=1S/C34H48N4O14/c1-18(2)27-11-10-19(3)12-25(27)15-47-26(14-36-38-35)16-48-34(33(44)45-9)13-28(49-22(6)41)30(37-20(4)39)32(52-34)31(51-24(8)43)29(50-23(7)42)17-46-21(5)40/h10-12,18,26,28-32H,13-17H2,1-9H3,(H,37,39)/t26-,28+,29-,30-,31-,32-,34-/m1/s1. The van der Waals surface area contributed by atoms with Crippen molar-refractivity contribution in [2.24, 2.45) is 5.11 Å². The number of amides is 1. The summed E-state index contributed by atoms with van der Waals surface area (Å²) in [5.41, 5.74) is 12.0. The lowest BCUT2D eigenvalue weighted by atomic mass is 9.88. The smallest absolute Gasteiger partial charge is 0.366 e. The summed E-state index contributed by atoms with van der Waals surface area (Å²) in [6.07, 6.45) is -7.93. The fraction of sp³-hybridized carbons (Fsp3) is 0.647. The van der Waals surface area contributed by atoms with E-state index in [4.69, 9.17) is 43.4 Å². The van der Waals surface area contributed by atoms with E-state index in [1.165, 1.54) is 0 Å². The fourth-order valence-corrected chi connectivity index (χ4v) is 5.69. The summed E-state index contributed by atoms with van der Waals surface area (Å²) in [7, 11) is 1.04. The van der Waals surface area contributed by atoms with Crippen LogP contribution in [0.3, 0.4) is 0 Å². The zero-order valence-electron chi connectivity index (χ0n) is 30.9. The van der Waals surface area contributed by atoms with Crippen LogP contribution in [-0.2, 0) is 73.3 Å². The van der Waals surface area contributed by atoms with Crippen LogP contribution >= 0.6 is 0 Å². The van der Waals surface area contributed by atoms with Gasteiger partial charge in [0.2, 0.25) is 5.91 Å². The van der Waals surface area contributed by atoms with Crippen LogP contribution in [0.1, 0.15) is 77.5 Å². The largest absolute Gasteiger partial charge is 0.465 e. The summed E-state index contributed by atoms with van der Waals surface area (Å²) >= 11 is 0. The van der Waals surface area contributed by atoms with Crippen LogP contribution in [0.25, 0.3) is 10.4 Å². The Morgan fingerprint density at radius 1 is 1.00 bits per heavy atom. The van der Waals surface area contributed by atoms with Crippen molar-refractivity contribution in [1.29, 1.82) is 0 Å². The molecule has 2 rings (SSSR count). The van der Waals surface area contributed by atoms with Gasteiger partial charge in [-0.05, 0) is 29.5 Å². The number of hydrogen-bond acceptors (Lipinski definition) is 15. The Bertz CT molecular complexity index is 1500. The number of nitrogens with zero attached hydrogens (tertiary/aromatic N) is 3. The molecule has 0 saturated carbocycles. The monoisotopic (exact) mass is 736 g/mol. The van der Waals surface area contributed by atoms with Gasteiger partial charge in [0, 0.05) is 39.5 Å². The number of esters is 5. The molecule has 1 aliphatic rings. The van der Waals surface area contributed by atoms with Crippen molar-refractivity contribution >= 4 is 35.8 Å². The Kier molecular flexibility index (Phi) is 17.0. The molecule has 0 spiro atoms. The summed E-state index contributed by atoms with van der Waals surface area (Å²) < 4.78 is 45.2. The Hall–Kier alpha value is -4.77. The van der Waals surface area contributed by atoms with Crippen molar-refractivity contribution in [1.82, 2.24) is 5.32 Å². The van der Waals surface area contributed by atoms with Crippen molar-refractivity contribution in [3.8, 4) is 0 Å². The molecule has 18 nitrogen and oxygen atoms in total. The number of carbonyl (C=O) groups excluding carboxylic acids is 6. The van der Waals surface area contributed by atoms with E-state index in [2.05, 4.69) is 15.3 Å². The summed E-state index contributed by atoms with van der Waals surface area (Å²) in [6.45, 7) is 10.1. The molecule has 0 radical (unpaired) electrons. The van der Waals surface area contributed by atoms with Crippen LogP contribution in [0.2, 0.25) is 0 Å². The molecule has 1 fully saturated rings. The SMILES string of the molecule is COC(=O)[C@@]1(OC[C@@H](CN=[N+]=[N-])OCc2cc(C)ccc2C(C)C)C[C@H](OC(C)=O)[C@@H](NC(C)=O)[C@H]([C@H](OC(C)=O)[C@@H](COC(C)=O)OC(C)=O)O1. The molecule has 288 valence electrons. The van der Waals surface area contributed by atoms with Crippen LogP contribution in [-0.4, -0.2) is 105 Å². The van der Waals surface area contributed by atoms with Gasteiger partial charge < -0.3 is 43.2 Å². The zero-order chi connectivity index (χ0) is 39.2. The number of methoxy groups -OCH3 is 1. The molecule has 7 atom stereocenters. The third-order valence-corrected chi connectivity index (χ3v) is 7.74. The third kappa shape index (κ3) is 13.1. The van der Waals surface area contributed by atoms with Crippen LogP contribution in [0.4, 0.5) is 0 Å². The third-order valence-electron chi connectivity index (χ3n) is 7.74. The first-order valence-corrected chi connectivity index (χ1v) is 16.5. The molecular weight excluding hydrogens is 688 g/mol. The fourth-order valence-electron chi connectivity index (χ4n) is 5.69. The van der Waals surface area contributed by atoms with E-state index >= 15 is 0 Å². The molecule has 1 N–H and O–H groups in total. The highest BCUT2D eigenvalue weighted by atomic mass is 16.7. The molecule has 1 aliphatic heterocycles. The van der Waals surface area contributed by atoms with E-state index in [0.717, 1.165) is 58.4 Å². The van der Waals surface area contributed by atoms with Crippen LogP contribution in [0, 0.1) is 6.92 Å². The second-order valence-electron chi connectivity index (χ2n) is 12.4. The second kappa shape index (κ2) is 20.3. The summed E-state index contributed by atoms with van der Waals surface area (Å²) in [5.74, 6) is -7.47. The lowest BCUT2D eigenvalue weighted by molar-refractivity contribution is -0.318. The highest BCUT2D eigenvalue weighted by Crippen LogP contribution is 2.37. The van der Waals surface area contributed by atoms with Gasteiger partial charge in [-0.25, -0.2) is 4.79 Å². The maximum atomic E-state index is 13.7. The van der Waals surface area contributed by atoms with E-state index < -0.39 is 97.7 Å². The molecule has 52 heavy (non-hydrogen) atoms. The Morgan fingerprint density at radius 3 is 2.21 bits per heavy atom. The average molecular weight is 737 g/mol. The number of aryl methyl sites for hydroxylation is 1. The van der Waals surface area contributed by atoms with Crippen molar-refractivity contribution in [3.05, 3.63) is 45.3 Å². The Labute approximate surface area is 301 Å². The quantitative estimate of drug-likeness (QED) is 0.0750. The van der Waals surface area contributed by atoms with Gasteiger partial charge in [0.05, 0.1) is 45.4 Å². The van der Waals surface area contributed by atoms with Crippen molar-refractivity contribution in [2.45, 2.75) is 117 Å². The summed E-state index contributed by atoms with van der Waals surface area (Å²) in [6, 6.07) is 4.56. The predicted octanol–water partition coefficient (Wildman–Crippen LogP) is 2.85. The predicted molar refractivity (Wildman–Crippen MR) is 179 cm³/mol. The lowest BCUT2D eigenvalue weighted by Crippen LogP contribution is -2.69. The number of ether oxygens (including phenoxy) is 8. The molecule has 1 amide bonds. The van der Waals surface area contributed by atoms with Crippen LogP contribution in [0.5, 0.6) is 0 Å². The summed E-state index contributed by atoms with van der Waals surface area (Å²) in [4.78, 5) is 77.8. The Morgan fingerprint density at radius 2 is 1.67 bits per heavy atom. The van der Waals surface area contributed by atoms with Gasteiger partial charge in [-0.15, -0.1) is 0 Å². The van der Waals surface area contributed by atoms with Crippen LogP contribution < -0.4 is 5.32 Å².